The summed E-state index contributed by atoms with van der Waals surface area (Å²) in [6, 6.07) is -5.92. The van der Waals surface area contributed by atoms with E-state index in [4.69, 9.17) is 28.0 Å². The number of rotatable bonds is 18. The van der Waals surface area contributed by atoms with Gasteiger partial charge in [0.2, 0.25) is 29.5 Å². The minimum atomic E-state index is -1.63. The molecule has 198 valence electrons. The molecule has 0 aliphatic rings. The van der Waals surface area contributed by atoms with Crippen molar-refractivity contribution >= 4 is 41.5 Å². The Bertz CT molecular complexity index is 806. The number of unbranched alkanes of at least 4 members (excludes halogenated alkanes) is 1. The van der Waals surface area contributed by atoms with Crippen LogP contribution < -0.4 is 38.9 Å². The standard InChI is InChI=1S/C19H33N7O9/c20-6-2-1-3-11(19(34)35)25-17(32)10(4-5-15(29)30)24-18(33)12(8-14(23)28)26-16(31)9(21)7-13(22)27/h9-12H,1-8,20-21H2,(H2,22,27)(H2,23,28)(H,24,33)(H,25,32)(H,26,31)(H,29,30)(H,34,35). The van der Waals surface area contributed by atoms with Gasteiger partial charge in [0.1, 0.15) is 18.1 Å². The van der Waals surface area contributed by atoms with Crippen molar-refractivity contribution in [3.8, 4) is 0 Å². The summed E-state index contributed by atoms with van der Waals surface area (Å²) < 4.78 is 0. The number of nitrogens with one attached hydrogen (secondary N) is 3. The molecule has 0 saturated carbocycles. The van der Waals surface area contributed by atoms with Crippen LogP contribution in [0.1, 0.15) is 44.9 Å². The van der Waals surface area contributed by atoms with Crippen LogP contribution in [-0.4, -0.2) is 82.4 Å². The quantitative estimate of drug-likeness (QED) is 0.0804. The first kappa shape index (κ1) is 31.2. The third-order valence-electron chi connectivity index (χ3n) is 4.64. The van der Waals surface area contributed by atoms with Crippen LogP contribution in [0.4, 0.5) is 0 Å². The molecule has 0 bridgehead atoms. The van der Waals surface area contributed by atoms with E-state index in [1.54, 1.807) is 0 Å². The summed E-state index contributed by atoms with van der Waals surface area (Å²) in [5.74, 6) is -7.64. The maximum Gasteiger partial charge on any atom is 0.326 e. The molecule has 16 heteroatoms. The van der Waals surface area contributed by atoms with Gasteiger partial charge in [-0.05, 0) is 32.2 Å². The molecule has 0 aliphatic carbocycles. The number of aliphatic carboxylic acids is 2. The Labute approximate surface area is 200 Å². The average Bonchev–Trinajstić information content (AvgIpc) is 2.74. The number of carboxylic acids is 2. The molecule has 0 fully saturated rings. The van der Waals surface area contributed by atoms with Gasteiger partial charge in [-0.25, -0.2) is 4.79 Å². The second kappa shape index (κ2) is 15.9. The first-order chi connectivity index (χ1) is 16.3. The van der Waals surface area contributed by atoms with E-state index in [1.165, 1.54) is 0 Å². The first-order valence-electron chi connectivity index (χ1n) is 10.7. The van der Waals surface area contributed by atoms with E-state index in [2.05, 4.69) is 16.0 Å². The van der Waals surface area contributed by atoms with Crippen molar-refractivity contribution in [3.63, 3.8) is 0 Å². The largest absolute Gasteiger partial charge is 0.481 e. The molecule has 0 spiro atoms. The van der Waals surface area contributed by atoms with E-state index in [-0.39, 0.29) is 6.42 Å². The Kier molecular flexibility index (Phi) is 14.2. The maximum absolute atomic E-state index is 12.7. The van der Waals surface area contributed by atoms with Crippen molar-refractivity contribution in [1.82, 2.24) is 16.0 Å². The van der Waals surface area contributed by atoms with Crippen LogP contribution in [0.2, 0.25) is 0 Å². The van der Waals surface area contributed by atoms with Crippen molar-refractivity contribution in [2.75, 3.05) is 6.54 Å². The highest BCUT2D eigenvalue weighted by molar-refractivity contribution is 5.97. The maximum atomic E-state index is 12.7. The van der Waals surface area contributed by atoms with Gasteiger partial charge in [-0.2, -0.15) is 0 Å². The molecule has 0 aromatic heterocycles. The molecular weight excluding hydrogens is 470 g/mol. The monoisotopic (exact) mass is 503 g/mol. The number of hydrogen-bond donors (Lipinski definition) is 9. The molecule has 0 saturated heterocycles. The van der Waals surface area contributed by atoms with Gasteiger partial charge in [-0.1, -0.05) is 0 Å². The molecule has 13 N–H and O–H groups in total. The fourth-order valence-electron chi connectivity index (χ4n) is 2.83. The van der Waals surface area contributed by atoms with Gasteiger partial charge in [0.25, 0.3) is 0 Å². The summed E-state index contributed by atoms with van der Waals surface area (Å²) in [5, 5.41) is 24.8. The van der Waals surface area contributed by atoms with Crippen LogP contribution in [0.25, 0.3) is 0 Å². The zero-order valence-corrected chi connectivity index (χ0v) is 19.0. The number of carboxylic acid groups (broad SMARTS) is 2. The average molecular weight is 504 g/mol. The number of primary amides is 2. The molecule has 4 atom stereocenters. The molecule has 35 heavy (non-hydrogen) atoms. The molecule has 0 rings (SSSR count). The summed E-state index contributed by atoms with van der Waals surface area (Å²) >= 11 is 0. The third kappa shape index (κ3) is 13.5. The molecule has 0 aliphatic heterocycles. The number of carbonyl (C=O) groups excluding carboxylic acids is 5. The van der Waals surface area contributed by atoms with Crippen LogP contribution in [0.15, 0.2) is 0 Å². The summed E-state index contributed by atoms with van der Waals surface area (Å²) in [6.07, 6.45) is -1.34. The minimum Gasteiger partial charge on any atom is -0.481 e. The van der Waals surface area contributed by atoms with Crippen LogP contribution in [0.3, 0.4) is 0 Å². The lowest BCUT2D eigenvalue weighted by Gasteiger charge is -2.24. The molecule has 4 unspecified atom stereocenters. The summed E-state index contributed by atoms with van der Waals surface area (Å²) in [5.41, 5.74) is 20.9. The lowest BCUT2D eigenvalue weighted by atomic mass is 10.1. The van der Waals surface area contributed by atoms with Gasteiger partial charge in [0.15, 0.2) is 0 Å². The van der Waals surface area contributed by atoms with Gasteiger partial charge in [0, 0.05) is 6.42 Å². The van der Waals surface area contributed by atoms with Gasteiger partial charge < -0.3 is 49.1 Å². The van der Waals surface area contributed by atoms with Gasteiger partial charge in [0.05, 0.1) is 18.9 Å². The fraction of sp³-hybridized carbons (Fsp3) is 0.632. The molecule has 0 heterocycles. The van der Waals surface area contributed by atoms with E-state index in [1.807, 2.05) is 0 Å². The number of nitrogens with two attached hydrogens (primary N) is 4. The lowest BCUT2D eigenvalue weighted by Crippen LogP contribution is -2.58. The zero-order chi connectivity index (χ0) is 27.1. The first-order valence-corrected chi connectivity index (χ1v) is 10.7. The highest BCUT2D eigenvalue weighted by atomic mass is 16.4. The van der Waals surface area contributed by atoms with Crippen molar-refractivity contribution in [2.45, 2.75) is 69.1 Å². The van der Waals surface area contributed by atoms with Crippen molar-refractivity contribution < 1.29 is 43.8 Å². The summed E-state index contributed by atoms with van der Waals surface area (Å²) in [6.45, 7) is 0.313. The molecule has 16 nitrogen and oxygen atoms in total. The van der Waals surface area contributed by atoms with E-state index >= 15 is 0 Å². The van der Waals surface area contributed by atoms with Crippen LogP contribution in [0, 0.1) is 0 Å². The predicted molar refractivity (Wildman–Crippen MR) is 119 cm³/mol. The van der Waals surface area contributed by atoms with Gasteiger partial charge >= 0.3 is 11.9 Å². The fourth-order valence-corrected chi connectivity index (χ4v) is 2.83. The summed E-state index contributed by atoms with van der Waals surface area (Å²) in [4.78, 5) is 82.3. The van der Waals surface area contributed by atoms with Crippen molar-refractivity contribution in [3.05, 3.63) is 0 Å². The third-order valence-corrected chi connectivity index (χ3v) is 4.64. The highest BCUT2D eigenvalue weighted by Crippen LogP contribution is 2.05. The molecular formula is C19H33N7O9. The molecule has 0 aromatic carbocycles. The molecule has 0 aromatic rings. The highest BCUT2D eigenvalue weighted by Gasteiger charge is 2.31. The Morgan fingerprint density at radius 3 is 1.69 bits per heavy atom. The smallest absolute Gasteiger partial charge is 0.326 e. The van der Waals surface area contributed by atoms with Gasteiger partial charge in [-0.3, -0.25) is 28.8 Å². The minimum absolute atomic E-state index is 0.0377. The molecule has 0 radical (unpaired) electrons. The zero-order valence-electron chi connectivity index (χ0n) is 19.0. The van der Waals surface area contributed by atoms with Crippen LogP contribution >= 0.6 is 0 Å². The number of amides is 5. The Balaban J connectivity index is 5.56. The number of carbonyl (C=O) groups is 7. The van der Waals surface area contributed by atoms with E-state index in [0.717, 1.165) is 0 Å². The van der Waals surface area contributed by atoms with Crippen molar-refractivity contribution in [2.24, 2.45) is 22.9 Å². The SMILES string of the molecule is NCCCCC(NC(=O)C(CCC(=O)O)NC(=O)C(CC(N)=O)NC(=O)C(N)CC(N)=O)C(=O)O. The predicted octanol–water partition coefficient (Wildman–Crippen LogP) is -4.40. The second-order valence-corrected chi connectivity index (χ2v) is 7.69. The Morgan fingerprint density at radius 2 is 1.20 bits per heavy atom. The van der Waals surface area contributed by atoms with E-state index < -0.39 is 91.3 Å². The molecule has 5 amide bonds. The second-order valence-electron chi connectivity index (χ2n) is 7.69. The van der Waals surface area contributed by atoms with Crippen LogP contribution in [-0.2, 0) is 33.6 Å². The lowest BCUT2D eigenvalue weighted by molar-refractivity contribution is -0.143. The Morgan fingerprint density at radius 1 is 0.686 bits per heavy atom. The Hall–Kier alpha value is -3.79. The summed E-state index contributed by atoms with van der Waals surface area (Å²) in [7, 11) is 0. The van der Waals surface area contributed by atoms with E-state index in [0.29, 0.717) is 19.4 Å². The topological polar surface area (TPSA) is 300 Å². The van der Waals surface area contributed by atoms with E-state index in [9.17, 15) is 38.7 Å². The normalized spacial score (nSPS) is 14.0. The van der Waals surface area contributed by atoms with Crippen LogP contribution in [0.5, 0.6) is 0 Å². The number of hydrogen-bond acceptors (Lipinski definition) is 9. The van der Waals surface area contributed by atoms with Gasteiger partial charge in [-0.15, -0.1) is 0 Å². The van der Waals surface area contributed by atoms with Crippen molar-refractivity contribution in [1.29, 1.82) is 0 Å².